The van der Waals surface area contributed by atoms with E-state index in [1.165, 1.54) is 12.1 Å². The van der Waals surface area contributed by atoms with Crippen LogP contribution in [0.3, 0.4) is 0 Å². The molecule has 3 N–H and O–H groups in total. The molecule has 43 heavy (non-hydrogen) atoms. The zero-order valence-corrected chi connectivity index (χ0v) is 23.9. The zero-order chi connectivity index (χ0) is 30.4. The number of rotatable bonds is 9. The fourth-order valence-electron chi connectivity index (χ4n) is 5.00. The molecule has 1 aliphatic carbocycles. The molecule has 6 nitrogen and oxygen atoms in total. The summed E-state index contributed by atoms with van der Waals surface area (Å²) >= 11 is 5.74. The Morgan fingerprint density at radius 1 is 1.02 bits per heavy atom. The van der Waals surface area contributed by atoms with Gasteiger partial charge in [0.2, 0.25) is 0 Å². The van der Waals surface area contributed by atoms with Crippen LogP contribution >= 0.6 is 11.6 Å². The van der Waals surface area contributed by atoms with E-state index in [0.29, 0.717) is 34.6 Å². The molecule has 0 spiro atoms. The van der Waals surface area contributed by atoms with Crippen LogP contribution in [0.4, 0.5) is 24.5 Å². The van der Waals surface area contributed by atoms with Crippen molar-refractivity contribution in [3.63, 3.8) is 0 Å². The van der Waals surface area contributed by atoms with Crippen LogP contribution in [0.1, 0.15) is 34.3 Å². The summed E-state index contributed by atoms with van der Waals surface area (Å²) < 4.78 is 51.5. The van der Waals surface area contributed by atoms with Gasteiger partial charge < -0.3 is 20.5 Å². The minimum absolute atomic E-state index is 0.192. The fraction of sp³-hybridized carbons (Fsp3) is 0.212. The third kappa shape index (κ3) is 6.09. The number of ketones is 1. The summed E-state index contributed by atoms with van der Waals surface area (Å²) in [6, 6.07) is 20.0. The number of ether oxygens (including phenoxy) is 2. The summed E-state index contributed by atoms with van der Waals surface area (Å²) in [5.74, 6) is 0.847. The number of benzene rings is 4. The van der Waals surface area contributed by atoms with Gasteiger partial charge in [0, 0.05) is 41.0 Å². The van der Waals surface area contributed by atoms with Crippen molar-refractivity contribution in [3.05, 3.63) is 101 Å². The zero-order valence-electron chi connectivity index (χ0n) is 23.1. The lowest BCUT2D eigenvalue weighted by Crippen LogP contribution is -2.29. The number of anilines is 2. The highest BCUT2D eigenvalue weighted by molar-refractivity contribution is 6.31. The molecule has 1 aliphatic rings. The molecule has 1 heterocycles. The van der Waals surface area contributed by atoms with Gasteiger partial charge in [-0.3, -0.25) is 9.78 Å². The Hall–Kier alpha value is -4.34. The van der Waals surface area contributed by atoms with Crippen molar-refractivity contribution in [2.45, 2.75) is 31.0 Å². The third-order valence-corrected chi connectivity index (χ3v) is 7.92. The monoisotopic (exact) mass is 605 g/mol. The SMILES string of the molecule is COc1cc2c(Nc3ccc4c(C(=O)Cc5ccc(Cl)c(C(F)(F)F)c5)cccc4c3)ccnc2cc1OCC1(N)CC1. The number of aromatic nitrogens is 1. The molecular weight excluding hydrogens is 579 g/mol. The molecule has 0 atom stereocenters. The van der Waals surface area contributed by atoms with E-state index in [2.05, 4.69) is 10.3 Å². The van der Waals surface area contributed by atoms with Crippen LogP contribution in [-0.2, 0) is 12.6 Å². The van der Waals surface area contributed by atoms with Gasteiger partial charge in [0.25, 0.3) is 0 Å². The molecular formula is C33H27ClF3N3O3. The number of nitrogens with zero attached hydrogens (tertiary/aromatic N) is 1. The number of Topliss-reactive ketones (excluding diaryl/α,β-unsaturated/α-hetero) is 1. The molecule has 0 aliphatic heterocycles. The van der Waals surface area contributed by atoms with Crippen LogP contribution < -0.4 is 20.5 Å². The van der Waals surface area contributed by atoms with Crippen molar-refractivity contribution in [1.29, 1.82) is 0 Å². The number of nitrogens with one attached hydrogen (secondary N) is 1. The van der Waals surface area contributed by atoms with Gasteiger partial charge >= 0.3 is 6.18 Å². The average molecular weight is 606 g/mol. The molecule has 0 bridgehead atoms. The largest absolute Gasteiger partial charge is 0.493 e. The molecule has 5 aromatic rings. The van der Waals surface area contributed by atoms with Gasteiger partial charge in [-0.15, -0.1) is 0 Å². The van der Waals surface area contributed by atoms with E-state index in [0.717, 1.165) is 41.1 Å². The van der Waals surface area contributed by atoms with E-state index in [-0.39, 0.29) is 23.3 Å². The Morgan fingerprint density at radius 2 is 1.84 bits per heavy atom. The van der Waals surface area contributed by atoms with Crippen molar-refractivity contribution in [2.75, 3.05) is 19.0 Å². The molecule has 6 rings (SSSR count). The molecule has 220 valence electrons. The van der Waals surface area contributed by atoms with E-state index in [4.69, 9.17) is 26.8 Å². The van der Waals surface area contributed by atoms with Crippen molar-refractivity contribution < 1.29 is 27.4 Å². The van der Waals surface area contributed by atoms with Gasteiger partial charge in [-0.05, 0) is 65.6 Å². The quantitative estimate of drug-likeness (QED) is 0.165. The molecule has 4 aromatic carbocycles. The van der Waals surface area contributed by atoms with E-state index < -0.39 is 16.8 Å². The highest BCUT2D eigenvalue weighted by Crippen LogP contribution is 2.39. The Labute approximate surface area is 250 Å². The summed E-state index contributed by atoms with van der Waals surface area (Å²) in [5.41, 5.74) is 7.89. The Kier molecular flexibility index (Phi) is 7.40. The maximum Gasteiger partial charge on any atom is 0.417 e. The minimum Gasteiger partial charge on any atom is -0.493 e. The highest BCUT2D eigenvalue weighted by Gasteiger charge is 2.39. The number of methoxy groups -OCH3 is 1. The minimum atomic E-state index is -4.61. The number of hydrogen-bond donors (Lipinski definition) is 2. The lowest BCUT2D eigenvalue weighted by Gasteiger charge is -2.16. The van der Waals surface area contributed by atoms with Gasteiger partial charge in [-0.2, -0.15) is 13.2 Å². The molecule has 1 aromatic heterocycles. The van der Waals surface area contributed by atoms with Crippen molar-refractivity contribution >= 4 is 50.4 Å². The van der Waals surface area contributed by atoms with Crippen molar-refractivity contribution in [2.24, 2.45) is 5.73 Å². The van der Waals surface area contributed by atoms with E-state index in [1.807, 2.05) is 42.5 Å². The second-order valence-electron chi connectivity index (χ2n) is 10.8. The van der Waals surface area contributed by atoms with Gasteiger partial charge in [-0.25, -0.2) is 0 Å². The first-order chi connectivity index (χ1) is 20.5. The number of halogens is 4. The summed E-state index contributed by atoms with van der Waals surface area (Å²) in [4.78, 5) is 17.7. The summed E-state index contributed by atoms with van der Waals surface area (Å²) in [7, 11) is 1.58. The van der Waals surface area contributed by atoms with Gasteiger partial charge in [0.05, 0.1) is 28.8 Å². The van der Waals surface area contributed by atoms with E-state index in [1.54, 1.807) is 25.4 Å². The van der Waals surface area contributed by atoms with Crippen LogP contribution in [0.2, 0.25) is 5.02 Å². The fourth-order valence-corrected chi connectivity index (χ4v) is 5.23. The standard InChI is InChI=1S/C33H27ClF3N3O3/c1-42-30-16-24-27(9-12-39-28(24)17-31(30)43-18-32(38)10-11-32)40-21-6-7-22-20(15-21)3-2-4-23(22)29(41)14-19-5-8-26(34)25(13-19)33(35,36)37/h2-9,12-13,15-17H,10-11,14,18,38H2,1H3,(H,39,40). The molecule has 0 saturated heterocycles. The van der Waals surface area contributed by atoms with Crippen LogP contribution in [-0.4, -0.2) is 30.0 Å². The second kappa shape index (κ2) is 11.1. The van der Waals surface area contributed by atoms with Crippen LogP contribution in [0, 0.1) is 0 Å². The number of carbonyl (C=O) groups excluding carboxylic acids is 1. The van der Waals surface area contributed by atoms with Gasteiger partial charge in [0.15, 0.2) is 17.3 Å². The first-order valence-corrected chi connectivity index (χ1v) is 14.0. The number of alkyl halides is 3. The number of pyridine rings is 1. The van der Waals surface area contributed by atoms with Gasteiger partial charge in [-0.1, -0.05) is 41.9 Å². The van der Waals surface area contributed by atoms with Crippen LogP contribution in [0.25, 0.3) is 21.7 Å². The van der Waals surface area contributed by atoms with E-state index >= 15 is 0 Å². The topological polar surface area (TPSA) is 86.5 Å². The highest BCUT2D eigenvalue weighted by atomic mass is 35.5. The number of nitrogens with two attached hydrogens (primary N) is 1. The van der Waals surface area contributed by atoms with Crippen LogP contribution in [0.15, 0.2) is 79.0 Å². The predicted octanol–water partition coefficient (Wildman–Crippen LogP) is 8.11. The smallest absolute Gasteiger partial charge is 0.417 e. The third-order valence-electron chi connectivity index (χ3n) is 7.59. The van der Waals surface area contributed by atoms with Gasteiger partial charge in [0.1, 0.15) is 6.61 Å². The molecule has 10 heteroatoms. The first kappa shape index (κ1) is 28.8. The van der Waals surface area contributed by atoms with Crippen LogP contribution in [0.5, 0.6) is 11.5 Å². The molecule has 1 saturated carbocycles. The Balaban J connectivity index is 1.26. The maximum absolute atomic E-state index is 13.3. The second-order valence-corrected chi connectivity index (χ2v) is 11.2. The normalized spacial score (nSPS) is 14.1. The van der Waals surface area contributed by atoms with Crippen molar-refractivity contribution in [1.82, 2.24) is 4.98 Å². The first-order valence-electron chi connectivity index (χ1n) is 13.6. The maximum atomic E-state index is 13.3. The summed E-state index contributed by atoms with van der Waals surface area (Å²) in [6.07, 6.45) is -1.24. The number of carbonyl (C=O) groups is 1. The predicted molar refractivity (Wildman–Crippen MR) is 162 cm³/mol. The molecule has 0 radical (unpaired) electrons. The summed E-state index contributed by atoms with van der Waals surface area (Å²) in [5, 5.41) is 5.34. The molecule has 0 amide bonds. The summed E-state index contributed by atoms with van der Waals surface area (Å²) in [6.45, 7) is 0.405. The lowest BCUT2D eigenvalue weighted by atomic mass is 9.96. The Morgan fingerprint density at radius 3 is 2.58 bits per heavy atom. The lowest BCUT2D eigenvalue weighted by molar-refractivity contribution is -0.137. The number of hydrogen-bond acceptors (Lipinski definition) is 6. The molecule has 0 unspecified atom stereocenters. The average Bonchev–Trinajstić information content (AvgIpc) is 3.72. The number of fused-ring (bicyclic) bond motifs is 2. The van der Waals surface area contributed by atoms with Crippen molar-refractivity contribution in [3.8, 4) is 11.5 Å². The Bertz CT molecular complexity index is 1870. The molecule has 1 fully saturated rings. The van der Waals surface area contributed by atoms with E-state index in [9.17, 15) is 18.0 Å².